The van der Waals surface area contributed by atoms with Crippen LogP contribution in [-0.4, -0.2) is 36.4 Å². The summed E-state index contributed by atoms with van der Waals surface area (Å²) >= 11 is 0. The Morgan fingerprint density at radius 2 is 2.27 bits per heavy atom. The van der Waals surface area contributed by atoms with E-state index in [2.05, 4.69) is 15.5 Å². The van der Waals surface area contributed by atoms with Crippen molar-refractivity contribution in [2.45, 2.75) is 26.6 Å². The lowest BCUT2D eigenvalue weighted by atomic mass is 10.1. The second-order valence-corrected chi connectivity index (χ2v) is 5.68. The van der Waals surface area contributed by atoms with E-state index >= 15 is 0 Å². The second-order valence-electron chi connectivity index (χ2n) is 5.68. The monoisotopic (exact) mass is 476 g/mol. The smallest absolute Gasteiger partial charge is 0.194 e. The van der Waals surface area contributed by atoms with Gasteiger partial charge >= 0.3 is 0 Å². The number of aliphatic imine (C=N–C) groups is 1. The van der Waals surface area contributed by atoms with Gasteiger partial charge in [0, 0.05) is 30.8 Å². The van der Waals surface area contributed by atoms with Gasteiger partial charge in [-0.25, -0.2) is 9.38 Å². The molecule has 0 fully saturated rings. The van der Waals surface area contributed by atoms with E-state index in [4.69, 9.17) is 14.0 Å². The van der Waals surface area contributed by atoms with Crippen LogP contribution < -0.4 is 10.1 Å². The normalized spacial score (nSPS) is 13.4. The Balaban J connectivity index is 0.00000243. The minimum Gasteiger partial charge on any atom is -0.467 e. The summed E-state index contributed by atoms with van der Waals surface area (Å²) in [6.07, 6.45) is 1.53. The van der Waals surface area contributed by atoms with Crippen LogP contribution in [0.3, 0.4) is 0 Å². The molecule has 0 aliphatic carbocycles. The average molecular weight is 476 g/mol. The number of guanidine groups is 1. The van der Waals surface area contributed by atoms with E-state index in [1.807, 2.05) is 18.9 Å². The summed E-state index contributed by atoms with van der Waals surface area (Å²) in [5.74, 6) is 1.03. The summed E-state index contributed by atoms with van der Waals surface area (Å²) < 4.78 is 29.4. The fourth-order valence-electron chi connectivity index (χ4n) is 2.64. The molecule has 1 aromatic heterocycles. The Bertz CT molecular complexity index is 740. The number of hydrogen-bond donors (Lipinski definition) is 1. The highest BCUT2D eigenvalue weighted by atomic mass is 127. The van der Waals surface area contributed by atoms with Crippen LogP contribution in [0.2, 0.25) is 0 Å². The number of nitrogens with zero attached hydrogens (tertiary/aromatic N) is 3. The van der Waals surface area contributed by atoms with Gasteiger partial charge in [0.1, 0.15) is 23.5 Å². The summed E-state index contributed by atoms with van der Waals surface area (Å²) in [6, 6.07) is 4.69. The molecule has 142 valence electrons. The maximum atomic E-state index is 13.8. The molecule has 0 radical (unpaired) electrons. The van der Waals surface area contributed by atoms with Gasteiger partial charge in [0.2, 0.25) is 0 Å². The van der Waals surface area contributed by atoms with Gasteiger partial charge in [-0.1, -0.05) is 5.16 Å². The molecule has 0 atom stereocenters. The standard InChI is InChI=1S/C17H21FN4O3.HI/c1-3-19-17(22(2)9-15-4-5-25-21-15)20-8-12-6-14(18)7-13-10-23-11-24-16(12)13;/h4-7H,3,8-11H2,1-2H3,(H,19,20);1H. The zero-order chi connectivity index (χ0) is 17.6. The third-order valence-electron chi connectivity index (χ3n) is 3.74. The third kappa shape index (κ3) is 5.07. The molecule has 1 aliphatic heterocycles. The molecular weight excluding hydrogens is 454 g/mol. The molecule has 3 rings (SSSR count). The van der Waals surface area contributed by atoms with Gasteiger partial charge < -0.3 is 24.2 Å². The van der Waals surface area contributed by atoms with Crippen molar-refractivity contribution in [3.05, 3.63) is 47.1 Å². The van der Waals surface area contributed by atoms with Crippen LogP contribution in [0.1, 0.15) is 23.7 Å². The van der Waals surface area contributed by atoms with Crippen LogP contribution in [0.4, 0.5) is 4.39 Å². The molecule has 0 spiro atoms. The number of ether oxygens (including phenoxy) is 2. The van der Waals surface area contributed by atoms with E-state index in [0.29, 0.717) is 49.1 Å². The minimum absolute atomic E-state index is 0. The Hall–Kier alpha value is -1.88. The Morgan fingerprint density at radius 1 is 1.42 bits per heavy atom. The van der Waals surface area contributed by atoms with E-state index in [0.717, 1.165) is 5.69 Å². The number of nitrogens with one attached hydrogen (secondary N) is 1. The van der Waals surface area contributed by atoms with Gasteiger partial charge in [0.05, 0.1) is 19.7 Å². The Morgan fingerprint density at radius 3 is 3.00 bits per heavy atom. The SMILES string of the molecule is CCNC(=NCc1cc(F)cc2c1OCOC2)N(C)Cc1ccon1.I. The lowest BCUT2D eigenvalue weighted by Gasteiger charge is -2.22. The molecule has 0 saturated carbocycles. The van der Waals surface area contributed by atoms with Crippen LogP contribution in [0.5, 0.6) is 5.75 Å². The van der Waals surface area contributed by atoms with E-state index in [1.165, 1.54) is 18.4 Å². The molecule has 1 aromatic carbocycles. The van der Waals surface area contributed by atoms with E-state index in [-0.39, 0.29) is 36.6 Å². The van der Waals surface area contributed by atoms with Crippen LogP contribution in [-0.2, 0) is 24.4 Å². The minimum atomic E-state index is -0.320. The highest BCUT2D eigenvalue weighted by Crippen LogP contribution is 2.29. The quantitative estimate of drug-likeness (QED) is 0.407. The molecule has 2 heterocycles. The molecular formula is C17H22FIN4O3. The van der Waals surface area contributed by atoms with Crippen molar-refractivity contribution in [3.63, 3.8) is 0 Å². The summed E-state index contributed by atoms with van der Waals surface area (Å²) in [4.78, 5) is 6.53. The maximum Gasteiger partial charge on any atom is 0.194 e. The average Bonchev–Trinajstić information content (AvgIpc) is 3.11. The van der Waals surface area contributed by atoms with E-state index in [9.17, 15) is 4.39 Å². The first kappa shape index (κ1) is 20.4. The molecule has 0 amide bonds. The molecule has 9 heteroatoms. The Kier molecular flexibility index (Phi) is 7.64. The number of halogens is 2. The summed E-state index contributed by atoms with van der Waals surface area (Å²) in [5, 5.41) is 7.12. The highest BCUT2D eigenvalue weighted by Gasteiger charge is 2.17. The lowest BCUT2D eigenvalue weighted by molar-refractivity contribution is -0.0172. The van der Waals surface area contributed by atoms with Gasteiger partial charge in [0.25, 0.3) is 0 Å². The van der Waals surface area contributed by atoms with Crippen molar-refractivity contribution >= 4 is 29.9 Å². The first-order valence-electron chi connectivity index (χ1n) is 8.08. The predicted molar refractivity (Wildman–Crippen MR) is 105 cm³/mol. The fraction of sp³-hybridized carbons (Fsp3) is 0.412. The van der Waals surface area contributed by atoms with Gasteiger partial charge in [-0.05, 0) is 19.1 Å². The topological polar surface area (TPSA) is 72.1 Å². The van der Waals surface area contributed by atoms with Gasteiger partial charge in [-0.15, -0.1) is 24.0 Å². The van der Waals surface area contributed by atoms with Crippen molar-refractivity contribution in [2.75, 3.05) is 20.4 Å². The predicted octanol–water partition coefficient (Wildman–Crippen LogP) is 2.90. The van der Waals surface area contributed by atoms with Gasteiger partial charge in [-0.2, -0.15) is 0 Å². The van der Waals surface area contributed by atoms with Crippen molar-refractivity contribution in [1.29, 1.82) is 0 Å². The zero-order valence-corrected chi connectivity index (χ0v) is 17.0. The first-order valence-corrected chi connectivity index (χ1v) is 8.08. The number of rotatable bonds is 5. The third-order valence-corrected chi connectivity index (χ3v) is 3.74. The first-order chi connectivity index (χ1) is 12.2. The summed E-state index contributed by atoms with van der Waals surface area (Å²) in [6.45, 7) is 4.06. The van der Waals surface area contributed by atoms with Crippen LogP contribution in [0.15, 0.2) is 34.0 Å². The Labute approximate surface area is 168 Å². The lowest BCUT2D eigenvalue weighted by Crippen LogP contribution is -2.38. The van der Waals surface area contributed by atoms with Crippen molar-refractivity contribution in [3.8, 4) is 5.75 Å². The van der Waals surface area contributed by atoms with E-state index in [1.54, 1.807) is 6.07 Å². The molecule has 7 nitrogen and oxygen atoms in total. The molecule has 1 N–H and O–H groups in total. The number of hydrogen-bond acceptors (Lipinski definition) is 5. The molecule has 1 aliphatic rings. The fourth-order valence-corrected chi connectivity index (χ4v) is 2.64. The summed E-state index contributed by atoms with van der Waals surface area (Å²) in [5.41, 5.74) is 2.21. The number of aromatic nitrogens is 1. The molecule has 2 aromatic rings. The van der Waals surface area contributed by atoms with Crippen LogP contribution in [0, 0.1) is 5.82 Å². The number of benzene rings is 1. The second kappa shape index (κ2) is 9.72. The van der Waals surface area contributed by atoms with Crippen molar-refractivity contribution in [2.24, 2.45) is 4.99 Å². The summed E-state index contributed by atoms with van der Waals surface area (Å²) in [7, 11) is 1.90. The van der Waals surface area contributed by atoms with E-state index < -0.39 is 0 Å². The van der Waals surface area contributed by atoms with Crippen molar-refractivity contribution < 1.29 is 18.4 Å². The molecule has 26 heavy (non-hydrogen) atoms. The zero-order valence-electron chi connectivity index (χ0n) is 14.7. The van der Waals surface area contributed by atoms with Crippen LogP contribution in [0.25, 0.3) is 0 Å². The van der Waals surface area contributed by atoms with Gasteiger partial charge in [-0.3, -0.25) is 0 Å². The van der Waals surface area contributed by atoms with Crippen molar-refractivity contribution in [1.82, 2.24) is 15.4 Å². The largest absolute Gasteiger partial charge is 0.467 e. The van der Waals surface area contributed by atoms with Crippen LogP contribution >= 0.6 is 24.0 Å². The molecule has 0 saturated heterocycles. The number of fused-ring (bicyclic) bond motifs is 1. The maximum absolute atomic E-state index is 13.8. The van der Waals surface area contributed by atoms with Gasteiger partial charge in [0.15, 0.2) is 12.8 Å². The highest BCUT2D eigenvalue weighted by molar-refractivity contribution is 14.0. The molecule has 0 bridgehead atoms. The molecule has 0 unspecified atom stereocenters.